The maximum atomic E-state index is 12.2. The zero-order chi connectivity index (χ0) is 18.1. The van der Waals surface area contributed by atoms with Crippen LogP contribution in [-0.2, 0) is 9.59 Å². The summed E-state index contributed by atoms with van der Waals surface area (Å²) in [6.45, 7) is 4.27. The van der Waals surface area contributed by atoms with Crippen molar-refractivity contribution in [1.82, 2.24) is 10.9 Å². The minimum absolute atomic E-state index is 0.0820. The molecule has 138 valence electrons. The molecule has 1 aromatic carbocycles. The second-order valence-corrected chi connectivity index (χ2v) is 6.30. The van der Waals surface area contributed by atoms with Crippen LogP contribution in [0.4, 0.5) is 0 Å². The highest BCUT2D eigenvalue weighted by atomic mass is 16.6. The summed E-state index contributed by atoms with van der Waals surface area (Å²) in [4.78, 5) is 24.4. The summed E-state index contributed by atoms with van der Waals surface area (Å²) in [7, 11) is 0. The molecule has 2 unspecified atom stereocenters. The summed E-state index contributed by atoms with van der Waals surface area (Å²) in [6.07, 6.45) is 5.35. The summed E-state index contributed by atoms with van der Waals surface area (Å²) in [5.41, 5.74) is 4.98. The monoisotopic (exact) mass is 348 g/mol. The molecular weight excluding hydrogens is 320 g/mol. The van der Waals surface area contributed by atoms with Gasteiger partial charge in [-0.3, -0.25) is 20.4 Å². The Balaban J connectivity index is 1.76. The van der Waals surface area contributed by atoms with E-state index in [-0.39, 0.29) is 18.4 Å². The van der Waals surface area contributed by atoms with Crippen molar-refractivity contribution in [3.63, 3.8) is 0 Å². The Morgan fingerprint density at radius 3 is 2.60 bits per heavy atom. The van der Waals surface area contributed by atoms with E-state index in [1.54, 1.807) is 12.1 Å². The molecule has 25 heavy (non-hydrogen) atoms. The smallest absolute Gasteiger partial charge is 0.283 e. The molecule has 6 heteroatoms. The van der Waals surface area contributed by atoms with Crippen LogP contribution in [0, 0.1) is 5.92 Å². The van der Waals surface area contributed by atoms with Gasteiger partial charge < -0.3 is 9.47 Å². The van der Waals surface area contributed by atoms with Gasteiger partial charge in [0, 0.05) is 5.92 Å². The number of carbonyl (C=O) groups is 2. The lowest BCUT2D eigenvalue weighted by Gasteiger charge is -2.25. The van der Waals surface area contributed by atoms with Crippen LogP contribution in [0.2, 0.25) is 0 Å². The van der Waals surface area contributed by atoms with E-state index in [0.29, 0.717) is 11.5 Å². The number of carbonyl (C=O) groups excluding carboxylic acids is 2. The van der Waals surface area contributed by atoms with Gasteiger partial charge in [0.25, 0.3) is 5.91 Å². The molecule has 6 nitrogen and oxygen atoms in total. The van der Waals surface area contributed by atoms with Gasteiger partial charge in [0.2, 0.25) is 12.0 Å². The van der Waals surface area contributed by atoms with Crippen molar-refractivity contribution in [2.24, 2.45) is 5.92 Å². The third-order valence-electron chi connectivity index (χ3n) is 4.38. The van der Waals surface area contributed by atoms with Gasteiger partial charge in [0.1, 0.15) is 6.61 Å². The summed E-state index contributed by atoms with van der Waals surface area (Å²) in [5.74, 6) is 0.505. The first-order chi connectivity index (χ1) is 12.2. The van der Waals surface area contributed by atoms with Gasteiger partial charge in [-0.25, -0.2) is 0 Å². The normalized spacial score (nSPS) is 16.8. The first-order valence-corrected chi connectivity index (χ1v) is 9.13. The van der Waals surface area contributed by atoms with Gasteiger partial charge >= 0.3 is 0 Å². The van der Waals surface area contributed by atoms with Crippen LogP contribution in [-0.4, -0.2) is 24.5 Å². The molecule has 2 amide bonds. The Bertz CT molecular complexity index is 576. The summed E-state index contributed by atoms with van der Waals surface area (Å²) in [6, 6.07) is 7.19. The summed E-state index contributed by atoms with van der Waals surface area (Å²) >= 11 is 0. The predicted molar refractivity (Wildman–Crippen MR) is 95.2 cm³/mol. The van der Waals surface area contributed by atoms with E-state index in [1.165, 1.54) is 12.8 Å². The molecule has 0 saturated carbocycles. The SMILES string of the molecule is CCCCCCC(CC)C(=O)NNC(=O)C1COc2ccccc2O1. The maximum absolute atomic E-state index is 12.2. The van der Waals surface area contributed by atoms with E-state index in [0.717, 1.165) is 25.7 Å². The molecule has 0 saturated heterocycles. The Kier molecular flexibility index (Phi) is 7.57. The Labute approximate surface area is 149 Å². The lowest BCUT2D eigenvalue weighted by atomic mass is 9.97. The standard InChI is InChI=1S/C19H28N2O4/c1-3-5-6-7-10-14(4-2)18(22)20-21-19(23)17-13-24-15-11-8-9-12-16(15)25-17/h8-9,11-12,14,17H,3-7,10,13H2,1-2H3,(H,20,22)(H,21,23). The Hall–Kier alpha value is -2.24. The van der Waals surface area contributed by atoms with E-state index < -0.39 is 12.0 Å². The lowest BCUT2D eigenvalue weighted by Crippen LogP contribution is -2.52. The average Bonchev–Trinajstić information content (AvgIpc) is 2.65. The van der Waals surface area contributed by atoms with Gasteiger partial charge in [-0.05, 0) is 25.0 Å². The zero-order valence-electron chi connectivity index (χ0n) is 15.0. The second-order valence-electron chi connectivity index (χ2n) is 6.30. The van der Waals surface area contributed by atoms with E-state index in [9.17, 15) is 9.59 Å². The number of para-hydroxylation sites is 2. The number of hydrogen-bond donors (Lipinski definition) is 2. The highest BCUT2D eigenvalue weighted by Crippen LogP contribution is 2.30. The van der Waals surface area contributed by atoms with E-state index in [2.05, 4.69) is 17.8 Å². The molecule has 0 bridgehead atoms. The molecule has 2 rings (SSSR count). The van der Waals surface area contributed by atoms with Gasteiger partial charge in [-0.15, -0.1) is 0 Å². The largest absolute Gasteiger partial charge is 0.485 e. The molecule has 0 aromatic heterocycles. The first-order valence-electron chi connectivity index (χ1n) is 9.13. The third-order valence-corrected chi connectivity index (χ3v) is 4.38. The minimum Gasteiger partial charge on any atom is -0.485 e. The molecule has 0 spiro atoms. The fraction of sp³-hybridized carbons (Fsp3) is 0.579. The predicted octanol–water partition coefficient (Wildman–Crippen LogP) is 2.97. The number of fused-ring (bicyclic) bond motifs is 1. The molecule has 2 N–H and O–H groups in total. The van der Waals surface area contributed by atoms with E-state index in [1.807, 2.05) is 19.1 Å². The van der Waals surface area contributed by atoms with Crippen LogP contribution < -0.4 is 20.3 Å². The average molecular weight is 348 g/mol. The summed E-state index contributed by atoms with van der Waals surface area (Å²) < 4.78 is 11.1. The van der Waals surface area contributed by atoms with Crippen molar-refractivity contribution >= 4 is 11.8 Å². The molecule has 0 aliphatic carbocycles. The lowest BCUT2D eigenvalue weighted by molar-refractivity contribution is -0.136. The van der Waals surface area contributed by atoms with Crippen molar-refractivity contribution in [3.8, 4) is 11.5 Å². The zero-order valence-corrected chi connectivity index (χ0v) is 15.0. The van der Waals surface area contributed by atoms with Gasteiger partial charge in [-0.1, -0.05) is 51.7 Å². The Morgan fingerprint density at radius 2 is 1.88 bits per heavy atom. The van der Waals surface area contributed by atoms with Crippen molar-refractivity contribution in [2.75, 3.05) is 6.61 Å². The van der Waals surface area contributed by atoms with Crippen molar-refractivity contribution < 1.29 is 19.1 Å². The highest BCUT2D eigenvalue weighted by Gasteiger charge is 2.28. The van der Waals surface area contributed by atoms with Crippen LogP contribution in [0.25, 0.3) is 0 Å². The maximum Gasteiger partial charge on any atom is 0.283 e. The van der Waals surface area contributed by atoms with E-state index >= 15 is 0 Å². The van der Waals surface area contributed by atoms with Crippen LogP contribution >= 0.6 is 0 Å². The molecule has 1 aliphatic rings. The van der Waals surface area contributed by atoms with Crippen molar-refractivity contribution in [2.45, 2.75) is 58.5 Å². The van der Waals surface area contributed by atoms with Crippen LogP contribution in [0.15, 0.2) is 24.3 Å². The van der Waals surface area contributed by atoms with Gasteiger partial charge in [-0.2, -0.15) is 0 Å². The highest BCUT2D eigenvalue weighted by molar-refractivity contribution is 5.86. The van der Waals surface area contributed by atoms with Crippen LogP contribution in [0.3, 0.4) is 0 Å². The molecule has 1 heterocycles. The molecule has 0 fully saturated rings. The number of hydrazine groups is 1. The molecule has 0 radical (unpaired) electrons. The number of ether oxygens (including phenoxy) is 2. The minimum atomic E-state index is -0.778. The molecule has 2 atom stereocenters. The molecular formula is C19H28N2O4. The fourth-order valence-electron chi connectivity index (χ4n) is 2.79. The number of nitrogens with one attached hydrogen (secondary N) is 2. The second kappa shape index (κ2) is 9.91. The van der Waals surface area contributed by atoms with Crippen LogP contribution in [0.5, 0.6) is 11.5 Å². The van der Waals surface area contributed by atoms with Crippen LogP contribution in [0.1, 0.15) is 52.4 Å². The van der Waals surface area contributed by atoms with Gasteiger partial charge in [0.15, 0.2) is 11.5 Å². The number of rotatable bonds is 8. The fourth-order valence-corrected chi connectivity index (χ4v) is 2.79. The number of hydrogen-bond acceptors (Lipinski definition) is 4. The number of unbranched alkanes of at least 4 members (excludes halogenated alkanes) is 3. The third kappa shape index (κ3) is 5.66. The van der Waals surface area contributed by atoms with Crippen molar-refractivity contribution in [1.29, 1.82) is 0 Å². The quantitative estimate of drug-likeness (QED) is 0.559. The number of benzene rings is 1. The van der Waals surface area contributed by atoms with Gasteiger partial charge in [0.05, 0.1) is 0 Å². The molecule has 1 aliphatic heterocycles. The Morgan fingerprint density at radius 1 is 1.12 bits per heavy atom. The first kappa shape index (κ1) is 19.1. The number of amides is 2. The van der Waals surface area contributed by atoms with E-state index in [4.69, 9.17) is 9.47 Å². The molecule has 1 aromatic rings. The topological polar surface area (TPSA) is 76.7 Å². The summed E-state index contributed by atoms with van der Waals surface area (Å²) in [5, 5.41) is 0. The van der Waals surface area contributed by atoms with Crippen molar-refractivity contribution in [3.05, 3.63) is 24.3 Å².